The highest BCUT2D eigenvalue weighted by atomic mass is 16.5. The SMILES string of the molecule is CC/C(=C\c1cccc(CC)c1)COC(C)=O. The predicted octanol–water partition coefficient (Wildman–Crippen LogP) is 3.61. The lowest BCUT2D eigenvalue weighted by Gasteiger charge is -2.06. The second kappa shape index (κ2) is 6.89. The number of carbonyl (C=O) groups is 1. The molecule has 17 heavy (non-hydrogen) atoms. The zero-order valence-electron chi connectivity index (χ0n) is 10.8. The Kier molecular flexibility index (Phi) is 5.47. The van der Waals surface area contributed by atoms with Crippen LogP contribution in [0.5, 0.6) is 0 Å². The predicted molar refractivity (Wildman–Crippen MR) is 70.7 cm³/mol. The summed E-state index contributed by atoms with van der Waals surface area (Å²) in [6, 6.07) is 8.42. The molecule has 1 aromatic rings. The normalized spacial score (nSPS) is 11.4. The maximum absolute atomic E-state index is 10.8. The molecule has 2 heteroatoms. The Balaban J connectivity index is 2.78. The largest absolute Gasteiger partial charge is 0.461 e. The Morgan fingerprint density at radius 2 is 2.12 bits per heavy atom. The molecule has 0 aliphatic rings. The quantitative estimate of drug-likeness (QED) is 0.725. The average molecular weight is 232 g/mol. The number of esters is 1. The third-order valence-corrected chi connectivity index (χ3v) is 2.65. The number of rotatable bonds is 5. The second-order valence-electron chi connectivity index (χ2n) is 4.03. The number of hydrogen-bond donors (Lipinski definition) is 0. The molecule has 0 bridgehead atoms. The highest BCUT2D eigenvalue weighted by Gasteiger charge is 1.99. The van der Waals surface area contributed by atoms with Crippen LogP contribution in [0, 0.1) is 0 Å². The minimum atomic E-state index is -0.230. The Hall–Kier alpha value is -1.57. The number of ether oxygens (including phenoxy) is 1. The lowest BCUT2D eigenvalue weighted by Crippen LogP contribution is -2.02. The fourth-order valence-corrected chi connectivity index (χ4v) is 1.58. The van der Waals surface area contributed by atoms with Crippen molar-refractivity contribution in [3.05, 3.63) is 41.0 Å². The molecule has 0 heterocycles. The maximum atomic E-state index is 10.8. The van der Waals surface area contributed by atoms with Crippen LogP contribution in [0.4, 0.5) is 0 Å². The highest BCUT2D eigenvalue weighted by molar-refractivity contribution is 5.66. The van der Waals surface area contributed by atoms with Crippen molar-refractivity contribution in [2.45, 2.75) is 33.6 Å². The summed E-state index contributed by atoms with van der Waals surface area (Å²) in [6.07, 6.45) is 4.03. The van der Waals surface area contributed by atoms with Gasteiger partial charge in [0.05, 0.1) is 0 Å². The molecule has 0 atom stereocenters. The maximum Gasteiger partial charge on any atom is 0.302 e. The van der Waals surface area contributed by atoms with E-state index in [-0.39, 0.29) is 5.97 Å². The van der Waals surface area contributed by atoms with Gasteiger partial charge in [-0.3, -0.25) is 4.79 Å². The van der Waals surface area contributed by atoms with Crippen LogP contribution in [-0.2, 0) is 16.0 Å². The first-order valence-corrected chi connectivity index (χ1v) is 6.07. The molecule has 0 unspecified atom stereocenters. The van der Waals surface area contributed by atoms with Gasteiger partial charge in [-0.05, 0) is 29.5 Å². The third-order valence-electron chi connectivity index (χ3n) is 2.65. The van der Waals surface area contributed by atoms with Crippen LogP contribution in [0.2, 0.25) is 0 Å². The summed E-state index contributed by atoms with van der Waals surface area (Å²) >= 11 is 0. The highest BCUT2D eigenvalue weighted by Crippen LogP contribution is 2.12. The molecule has 0 aromatic heterocycles. The molecule has 0 N–H and O–H groups in total. The van der Waals surface area contributed by atoms with Crippen molar-refractivity contribution in [3.8, 4) is 0 Å². The van der Waals surface area contributed by atoms with Gasteiger partial charge in [-0.2, -0.15) is 0 Å². The van der Waals surface area contributed by atoms with E-state index >= 15 is 0 Å². The van der Waals surface area contributed by atoms with Crippen LogP contribution in [0.25, 0.3) is 6.08 Å². The number of aryl methyl sites for hydroxylation is 1. The molecule has 0 aliphatic heterocycles. The van der Waals surface area contributed by atoms with Gasteiger partial charge in [0.1, 0.15) is 6.61 Å². The van der Waals surface area contributed by atoms with Gasteiger partial charge in [0.25, 0.3) is 0 Å². The van der Waals surface area contributed by atoms with E-state index in [0.717, 1.165) is 18.4 Å². The van der Waals surface area contributed by atoms with Gasteiger partial charge in [-0.15, -0.1) is 0 Å². The van der Waals surface area contributed by atoms with Crippen LogP contribution in [0.1, 0.15) is 38.3 Å². The Morgan fingerprint density at radius 1 is 1.35 bits per heavy atom. The van der Waals surface area contributed by atoms with Crippen molar-refractivity contribution in [1.29, 1.82) is 0 Å². The molecule has 1 rings (SSSR count). The standard InChI is InChI=1S/C15H20O2/c1-4-13-7-6-8-15(9-13)10-14(5-2)11-17-12(3)16/h6-10H,4-5,11H2,1-3H3/b14-10+. The lowest BCUT2D eigenvalue weighted by atomic mass is 10.1. The van der Waals surface area contributed by atoms with E-state index in [1.165, 1.54) is 18.1 Å². The zero-order chi connectivity index (χ0) is 12.7. The molecular weight excluding hydrogens is 212 g/mol. The van der Waals surface area contributed by atoms with Gasteiger partial charge in [0.15, 0.2) is 0 Å². The van der Waals surface area contributed by atoms with E-state index in [2.05, 4.69) is 44.2 Å². The van der Waals surface area contributed by atoms with E-state index < -0.39 is 0 Å². The molecule has 0 aliphatic carbocycles. The summed E-state index contributed by atoms with van der Waals surface area (Å²) in [6.45, 7) is 6.04. The first-order valence-electron chi connectivity index (χ1n) is 6.07. The molecule has 1 aromatic carbocycles. The van der Waals surface area contributed by atoms with Gasteiger partial charge >= 0.3 is 5.97 Å². The van der Waals surface area contributed by atoms with Crippen molar-refractivity contribution < 1.29 is 9.53 Å². The monoisotopic (exact) mass is 232 g/mol. The molecule has 0 saturated carbocycles. The van der Waals surface area contributed by atoms with Crippen molar-refractivity contribution in [3.63, 3.8) is 0 Å². The summed E-state index contributed by atoms with van der Waals surface area (Å²) in [5.41, 5.74) is 3.63. The fourth-order valence-electron chi connectivity index (χ4n) is 1.58. The molecule has 2 nitrogen and oxygen atoms in total. The minimum Gasteiger partial charge on any atom is -0.461 e. The van der Waals surface area contributed by atoms with E-state index in [9.17, 15) is 4.79 Å². The summed E-state index contributed by atoms with van der Waals surface area (Å²) in [5.74, 6) is -0.230. The molecule has 0 spiro atoms. The van der Waals surface area contributed by atoms with Crippen LogP contribution in [0.3, 0.4) is 0 Å². The van der Waals surface area contributed by atoms with Crippen LogP contribution < -0.4 is 0 Å². The topological polar surface area (TPSA) is 26.3 Å². The lowest BCUT2D eigenvalue weighted by molar-refractivity contribution is -0.139. The number of carbonyl (C=O) groups excluding carboxylic acids is 1. The summed E-state index contributed by atoms with van der Waals surface area (Å²) < 4.78 is 5.02. The first-order chi connectivity index (χ1) is 8.15. The fraction of sp³-hybridized carbons (Fsp3) is 0.400. The Labute approximate surface area is 103 Å². The summed E-state index contributed by atoms with van der Waals surface area (Å²) in [7, 11) is 0. The molecule has 92 valence electrons. The molecule has 0 saturated heterocycles. The van der Waals surface area contributed by atoms with Crippen molar-refractivity contribution in [1.82, 2.24) is 0 Å². The summed E-state index contributed by atoms with van der Waals surface area (Å²) in [5, 5.41) is 0. The van der Waals surface area contributed by atoms with Crippen molar-refractivity contribution >= 4 is 12.0 Å². The Bertz CT molecular complexity index is 405. The van der Waals surface area contributed by atoms with E-state index in [0.29, 0.717) is 6.61 Å². The van der Waals surface area contributed by atoms with Crippen molar-refractivity contribution in [2.24, 2.45) is 0 Å². The van der Waals surface area contributed by atoms with Crippen LogP contribution in [0.15, 0.2) is 29.8 Å². The molecule has 0 fully saturated rings. The zero-order valence-corrected chi connectivity index (χ0v) is 10.8. The van der Waals surface area contributed by atoms with Crippen LogP contribution in [-0.4, -0.2) is 12.6 Å². The number of benzene rings is 1. The average Bonchev–Trinajstić information content (AvgIpc) is 2.34. The Morgan fingerprint density at radius 3 is 2.71 bits per heavy atom. The third kappa shape index (κ3) is 4.85. The van der Waals surface area contributed by atoms with Gasteiger partial charge in [0, 0.05) is 6.92 Å². The molecular formula is C15H20O2. The van der Waals surface area contributed by atoms with Gasteiger partial charge in [-0.1, -0.05) is 44.2 Å². The van der Waals surface area contributed by atoms with Gasteiger partial charge in [-0.25, -0.2) is 0 Å². The smallest absolute Gasteiger partial charge is 0.302 e. The second-order valence-corrected chi connectivity index (χ2v) is 4.03. The van der Waals surface area contributed by atoms with E-state index in [1.807, 2.05) is 0 Å². The molecule has 0 amide bonds. The number of hydrogen-bond acceptors (Lipinski definition) is 2. The van der Waals surface area contributed by atoms with E-state index in [1.54, 1.807) is 0 Å². The molecule has 0 radical (unpaired) electrons. The van der Waals surface area contributed by atoms with Crippen molar-refractivity contribution in [2.75, 3.05) is 6.61 Å². The summed E-state index contributed by atoms with van der Waals surface area (Å²) in [4.78, 5) is 10.8. The van der Waals surface area contributed by atoms with Gasteiger partial charge in [0.2, 0.25) is 0 Å². The first kappa shape index (κ1) is 13.5. The minimum absolute atomic E-state index is 0.230. The van der Waals surface area contributed by atoms with Gasteiger partial charge < -0.3 is 4.74 Å². The van der Waals surface area contributed by atoms with E-state index in [4.69, 9.17) is 4.74 Å². The van der Waals surface area contributed by atoms with Crippen LogP contribution >= 0.6 is 0 Å².